The van der Waals surface area contributed by atoms with Crippen molar-refractivity contribution < 1.29 is 34.1 Å². The molecule has 0 aromatic heterocycles. The van der Waals surface area contributed by atoms with Crippen LogP contribution in [-0.2, 0) is 0 Å². The SMILES string of the molecule is CNC(=O)c1ccc(Oc2ccc(C(C)=O)c(C(=O)O)c2)cc1C(=O)O. The summed E-state index contributed by atoms with van der Waals surface area (Å²) in [6, 6.07) is 7.73. The summed E-state index contributed by atoms with van der Waals surface area (Å²) < 4.78 is 5.49. The first-order valence-corrected chi connectivity index (χ1v) is 7.40. The molecule has 3 N–H and O–H groups in total. The fraction of sp³-hybridized carbons (Fsp3) is 0.111. The molecule has 0 heterocycles. The molecule has 0 aliphatic carbocycles. The molecule has 0 aliphatic heterocycles. The second kappa shape index (κ2) is 7.47. The number of carboxylic acids is 2. The topological polar surface area (TPSA) is 130 Å². The van der Waals surface area contributed by atoms with Gasteiger partial charge in [0.05, 0.1) is 16.7 Å². The molecule has 0 aliphatic rings. The highest BCUT2D eigenvalue weighted by molar-refractivity contribution is 6.05. The maximum absolute atomic E-state index is 11.7. The maximum Gasteiger partial charge on any atom is 0.336 e. The Labute approximate surface area is 148 Å². The molecule has 0 unspecified atom stereocenters. The number of carbonyl (C=O) groups is 4. The molecule has 26 heavy (non-hydrogen) atoms. The molecule has 2 aromatic carbocycles. The van der Waals surface area contributed by atoms with Gasteiger partial charge in [0.25, 0.3) is 5.91 Å². The molecule has 8 nitrogen and oxygen atoms in total. The molecule has 2 aromatic rings. The standard InChI is InChI=1S/C18H15NO7/c1-9(20)12-5-3-10(7-14(12)17(22)23)26-11-4-6-13(16(21)19-2)15(8-11)18(24)25/h3-8H,1-2H3,(H,19,21)(H,22,23)(H,24,25). The molecule has 8 heteroatoms. The van der Waals surface area contributed by atoms with E-state index in [1.165, 1.54) is 44.3 Å². The highest BCUT2D eigenvalue weighted by Gasteiger charge is 2.18. The van der Waals surface area contributed by atoms with Crippen molar-refractivity contribution >= 4 is 23.6 Å². The monoisotopic (exact) mass is 357 g/mol. The molecule has 0 spiro atoms. The molecule has 0 saturated carbocycles. The lowest BCUT2D eigenvalue weighted by Crippen LogP contribution is -2.21. The van der Waals surface area contributed by atoms with Gasteiger partial charge in [0, 0.05) is 12.6 Å². The van der Waals surface area contributed by atoms with Crippen LogP contribution in [0.25, 0.3) is 0 Å². The van der Waals surface area contributed by atoms with Gasteiger partial charge in [-0.2, -0.15) is 0 Å². The third kappa shape index (κ3) is 3.86. The fourth-order valence-corrected chi connectivity index (χ4v) is 2.30. The molecule has 0 saturated heterocycles. The molecule has 0 atom stereocenters. The van der Waals surface area contributed by atoms with Crippen molar-refractivity contribution in [1.82, 2.24) is 5.32 Å². The van der Waals surface area contributed by atoms with E-state index in [0.29, 0.717) is 0 Å². The highest BCUT2D eigenvalue weighted by atomic mass is 16.5. The summed E-state index contributed by atoms with van der Waals surface area (Å²) in [5.41, 5.74) is -0.493. The van der Waals surface area contributed by atoms with Crippen molar-refractivity contribution in [3.63, 3.8) is 0 Å². The lowest BCUT2D eigenvalue weighted by atomic mass is 10.0. The predicted octanol–water partition coefficient (Wildman–Crippen LogP) is 2.44. The van der Waals surface area contributed by atoms with Crippen molar-refractivity contribution in [3.05, 3.63) is 58.7 Å². The van der Waals surface area contributed by atoms with Crippen molar-refractivity contribution in [2.75, 3.05) is 7.05 Å². The first kappa shape index (κ1) is 18.7. The van der Waals surface area contributed by atoms with Crippen LogP contribution in [0, 0.1) is 0 Å². The van der Waals surface area contributed by atoms with E-state index in [2.05, 4.69) is 5.32 Å². The number of carboxylic acid groups (broad SMARTS) is 2. The zero-order chi connectivity index (χ0) is 19.4. The van der Waals surface area contributed by atoms with Gasteiger partial charge < -0.3 is 20.3 Å². The Morgan fingerprint density at radius 2 is 1.27 bits per heavy atom. The highest BCUT2D eigenvalue weighted by Crippen LogP contribution is 2.26. The van der Waals surface area contributed by atoms with Gasteiger partial charge in [-0.1, -0.05) is 0 Å². The van der Waals surface area contributed by atoms with Crippen molar-refractivity contribution in [2.24, 2.45) is 0 Å². The zero-order valence-electron chi connectivity index (χ0n) is 13.9. The number of amides is 1. The Bertz CT molecular complexity index is 918. The zero-order valence-corrected chi connectivity index (χ0v) is 13.9. The van der Waals surface area contributed by atoms with Gasteiger partial charge >= 0.3 is 11.9 Å². The number of hydrogen-bond donors (Lipinski definition) is 3. The first-order chi connectivity index (χ1) is 12.2. The van der Waals surface area contributed by atoms with Crippen LogP contribution < -0.4 is 10.1 Å². The molecule has 2 rings (SSSR count). The maximum atomic E-state index is 11.7. The van der Waals surface area contributed by atoms with Crippen LogP contribution in [0.1, 0.15) is 48.4 Å². The van der Waals surface area contributed by atoms with Crippen LogP contribution in [0.3, 0.4) is 0 Å². The molecule has 134 valence electrons. The Morgan fingerprint density at radius 1 is 0.808 bits per heavy atom. The molecule has 0 bridgehead atoms. The number of ketones is 1. The molecule has 0 fully saturated rings. The van der Waals surface area contributed by atoms with Crippen molar-refractivity contribution in [1.29, 1.82) is 0 Å². The second-order valence-electron chi connectivity index (χ2n) is 5.26. The summed E-state index contributed by atoms with van der Waals surface area (Å²) in [5, 5.41) is 20.8. The van der Waals surface area contributed by atoms with Crippen molar-refractivity contribution in [2.45, 2.75) is 6.92 Å². The first-order valence-electron chi connectivity index (χ1n) is 7.40. The number of nitrogens with one attached hydrogen (secondary N) is 1. The van der Waals surface area contributed by atoms with Gasteiger partial charge in [-0.05, 0) is 43.3 Å². The lowest BCUT2D eigenvalue weighted by molar-refractivity contribution is 0.0683. The van der Waals surface area contributed by atoms with E-state index in [0.717, 1.165) is 6.07 Å². The Hall–Kier alpha value is -3.68. The van der Waals surface area contributed by atoms with E-state index in [1.54, 1.807) is 0 Å². The summed E-state index contributed by atoms with van der Waals surface area (Å²) in [7, 11) is 1.38. The van der Waals surface area contributed by atoms with Gasteiger partial charge in [-0.25, -0.2) is 9.59 Å². The van der Waals surface area contributed by atoms with Crippen LogP contribution >= 0.6 is 0 Å². The minimum Gasteiger partial charge on any atom is -0.478 e. The Balaban J connectivity index is 2.42. The largest absolute Gasteiger partial charge is 0.478 e. The van der Waals surface area contributed by atoms with Crippen LogP contribution in [0.15, 0.2) is 36.4 Å². The summed E-state index contributed by atoms with van der Waals surface area (Å²) in [4.78, 5) is 45.9. The van der Waals surface area contributed by atoms with E-state index in [1.807, 2.05) is 0 Å². The number of benzene rings is 2. The fourth-order valence-electron chi connectivity index (χ4n) is 2.30. The van der Waals surface area contributed by atoms with Crippen LogP contribution in [-0.4, -0.2) is 40.9 Å². The summed E-state index contributed by atoms with van der Waals surface area (Å²) in [6.45, 7) is 1.25. The quantitative estimate of drug-likeness (QED) is 0.677. The number of ether oxygens (including phenoxy) is 1. The number of carbonyl (C=O) groups excluding carboxylic acids is 2. The van der Waals surface area contributed by atoms with Gasteiger partial charge in [0.15, 0.2) is 5.78 Å². The van der Waals surface area contributed by atoms with Crippen LogP contribution in [0.4, 0.5) is 0 Å². The molecular weight excluding hydrogens is 342 g/mol. The van der Waals surface area contributed by atoms with Crippen LogP contribution in [0.2, 0.25) is 0 Å². The minimum atomic E-state index is -1.31. The lowest BCUT2D eigenvalue weighted by Gasteiger charge is -2.11. The number of rotatable bonds is 6. The van der Waals surface area contributed by atoms with E-state index in [9.17, 15) is 29.4 Å². The molecular formula is C18H15NO7. The summed E-state index contributed by atoms with van der Waals surface area (Å²) >= 11 is 0. The van der Waals surface area contributed by atoms with E-state index >= 15 is 0 Å². The minimum absolute atomic E-state index is 0.0334. The number of aromatic carboxylic acids is 2. The average Bonchev–Trinajstić information content (AvgIpc) is 2.60. The second-order valence-corrected chi connectivity index (χ2v) is 5.26. The van der Waals surface area contributed by atoms with Gasteiger partial charge in [-0.15, -0.1) is 0 Å². The Kier molecular flexibility index (Phi) is 5.36. The molecule has 1 amide bonds. The Morgan fingerprint density at radius 3 is 1.69 bits per heavy atom. The third-order valence-electron chi connectivity index (χ3n) is 3.53. The van der Waals surface area contributed by atoms with Crippen LogP contribution in [0.5, 0.6) is 11.5 Å². The predicted molar refractivity (Wildman–Crippen MR) is 90.3 cm³/mol. The van der Waals surface area contributed by atoms with E-state index < -0.39 is 23.6 Å². The van der Waals surface area contributed by atoms with E-state index in [-0.39, 0.29) is 33.8 Å². The smallest absolute Gasteiger partial charge is 0.336 e. The summed E-state index contributed by atoms with van der Waals surface area (Å²) in [6.07, 6.45) is 0. The average molecular weight is 357 g/mol. The van der Waals surface area contributed by atoms with E-state index in [4.69, 9.17) is 4.74 Å². The number of Topliss-reactive ketones (excluding diaryl/α,β-unsaturated/α-hetero) is 1. The van der Waals surface area contributed by atoms with Crippen molar-refractivity contribution in [3.8, 4) is 11.5 Å². The van der Waals surface area contributed by atoms with Gasteiger partial charge in [-0.3, -0.25) is 9.59 Å². The summed E-state index contributed by atoms with van der Waals surface area (Å²) in [5.74, 6) is -3.36. The normalized spacial score (nSPS) is 10.1. The van der Waals surface area contributed by atoms with Gasteiger partial charge in [0.1, 0.15) is 11.5 Å². The third-order valence-corrected chi connectivity index (χ3v) is 3.53. The molecule has 0 radical (unpaired) electrons. The van der Waals surface area contributed by atoms with Gasteiger partial charge in [0.2, 0.25) is 0 Å². The number of hydrogen-bond acceptors (Lipinski definition) is 5.